The van der Waals surface area contributed by atoms with Gasteiger partial charge in [-0.3, -0.25) is 4.79 Å². The average molecular weight is 374 g/mol. The van der Waals surface area contributed by atoms with Crippen LogP contribution < -0.4 is 5.32 Å². The third kappa shape index (κ3) is 4.59. The molecule has 0 spiro atoms. The molecule has 0 bridgehead atoms. The van der Waals surface area contributed by atoms with Gasteiger partial charge in [0.05, 0.1) is 21.5 Å². The first-order valence-electron chi connectivity index (χ1n) is 6.90. The monoisotopic (exact) mass is 373 g/mol. The predicted molar refractivity (Wildman–Crippen MR) is 93.2 cm³/mol. The fourth-order valence-corrected chi connectivity index (χ4v) is 3.14. The lowest BCUT2D eigenvalue weighted by Crippen LogP contribution is -2.27. The molecule has 2 rings (SSSR count). The molecular formula is C14H17Cl2N5OS. The Bertz CT molecular complexity index is 713. The lowest BCUT2D eigenvalue weighted by molar-refractivity contribution is -0.115. The normalized spacial score (nSPS) is 13.0. The molecule has 1 amide bonds. The van der Waals surface area contributed by atoms with Crippen molar-refractivity contribution in [1.82, 2.24) is 20.2 Å². The van der Waals surface area contributed by atoms with Gasteiger partial charge in [0, 0.05) is 5.02 Å². The summed E-state index contributed by atoms with van der Waals surface area (Å²) in [5, 5.41) is 15.5. The van der Waals surface area contributed by atoms with Gasteiger partial charge >= 0.3 is 0 Å². The third-order valence-electron chi connectivity index (χ3n) is 2.92. The molecule has 1 unspecified atom stereocenters. The van der Waals surface area contributed by atoms with Crippen LogP contribution in [0.3, 0.4) is 0 Å². The van der Waals surface area contributed by atoms with Crippen molar-refractivity contribution >= 4 is 46.6 Å². The average Bonchev–Trinajstić information content (AvgIpc) is 2.90. The second-order valence-electron chi connectivity index (χ2n) is 5.92. The molecule has 0 aliphatic rings. The lowest BCUT2D eigenvalue weighted by atomic mass is 10.1. The first-order valence-corrected chi connectivity index (χ1v) is 8.53. The quantitative estimate of drug-likeness (QED) is 0.823. The number of amides is 1. The maximum absolute atomic E-state index is 12.3. The fraction of sp³-hybridized carbons (Fsp3) is 0.429. The van der Waals surface area contributed by atoms with Gasteiger partial charge < -0.3 is 5.32 Å². The molecule has 1 aromatic heterocycles. The fourth-order valence-electron chi connectivity index (χ4n) is 1.71. The first kappa shape index (κ1) is 18.0. The Morgan fingerprint density at radius 2 is 2.04 bits per heavy atom. The van der Waals surface area contributed by atoms with E-state index in [0.717, 1.165) is 0 Å². The number of nitrogens with one attached hydrogen (secondary N) is 1. The molecule has 0 fully saturated rings. The summed E-state index contributed by atoms with van der Waals surface area (Å²) in [5.74, 6) is -0.192. The smallest absolute Gasteiger partial charge is 0.237 e. The molecule has 1 atom stereocenters. The van der Waals surface area contributed by atoms with Crippen LogP contribution in [0.25, 0.3) is 0 Å². The first-order chi connectivity index (χ1) is 10.7. The molecule has 0 saturated carbocycles. The number of halogens is 2. The predicted octanol–water partition coefficient (Wildman–Crippen LogP) is 3.85. The van der Waals surface area contributed by atoms with Crippen LogP contribution in [0, 0.1) is 0 Å². The van der Waals surface area contributed by atoms with Gasteiger partial charge in [0.15, 0.2) is 0 Å². The molecule has 1 heterocycles. The number of hydrogen-bond donors (Lipinski definition) is 1. The molecule has 0 saturated heterocycles. The molecule has 0 radical (unpaired) electrons. The van der Waals surface area contributed by atoms with Crippen LogP contribution >= 0.6 is 35.0 Å². The van der Waals surface area contributed by atoms with Crippen molar-refractivity contribution in [2.75, 3.05) is 5.32 Å². The minimum Gasteiger partial charge on any atom is -0.324 e. The standard InChI is InChI=1S/C14H17Cl2N5OS/c1-8(23-13-18-19-20-21(13)14(2,3)4)12(22)17-11-6-5-9(15)7-10(11)16/h5-8H,1-4H3,(H,17,22). The molecule has 0 aliphatic carbocycles. The summed E-state index contributed by atoms with van der Waals surface area (Å²) in [5.41, 5.74) is 0.255. The van der Waals surface area contributed by atoms with E-state index < -0.39 is 5.25 Å². The van der Waals surface area contributed by atoms with Crippen molar-refractivity contribution in [3.05, 3.63) is 28.2 Å². The summed E-state index contributed by atoms with van der Waals surface area (Å²) in [6.45, 7) is 7.76. The van der Waals surface area contributed by atoms with Crippen LogP contribution in [-0.4, -0.2) is 31.4 Å². The van der Waals surface area contributed by atoms with E-state index >= 15 is 0 Å². The zero-order valence-electron chi connectivity index (χ0n) is 13.2. The van der Waals surface area contributed by atoms with Crippen molar-refractivity contribution in [3.8, 4) is 0 Å². The Morgan fingerprint density at radius 3 is 2.65 bits per heavy atom. The van der Waals surface area contributed by atoms with Gasteiger partial charge in [-0.2, -0.15) is 0 Å². The second kappa shape index (κ2) is 7.07. The van der Waals surface area contributed by atoms with Gasteiger partial charge in [-0.05, 0) is 56.3 Å². The summed E-state index contributed by atoms with van der Waals surface area (Å²) in [6, 6.07) is 4.91. The third-order valence-corrected chi connectivity index (χ3v) is 4.50. The number of carbonyl (C=O) groups excluding carboxylic acids is 1. The summed E-state index contributed by atoms with van der Waals surface area (Å²) >= 11 is 13.2. The van der Waals surface area contributed by atoms with E-state index in [-0.39, 0.29) is 11.4 Å². The minimum atomic E-state index is -0.395. The molecule has 0 aliphatic heterocycles. The van der Waals surface area contributed by atoms with E-state index in [1.165, 1.54) is 11.8 Å². The maximum atomic E-state index is 12.3. The number of rotatable bonds is 4. The molecule has 1 aromatic carbocycles. The maximum Gasteiger partial charge on any atom is 0.237 e. The topological polar surface area (TPSA) is 72.7 Å². The second-order valence-corrected chi connectivity index (χ2v) is 8.07. The Morgan fingerprint density at radius 1 is 1.35 bits per heavy atom. The Kier molecular flexibility index (Phi) is 5.54. The van der Waals surface area contributed by atoms with E-state index in [0.29, 0.717) is 20.9 Å². The molecular weight excluding hydrogens is 357 g/mol. The molecule has 23 heavy (non-hydrogen) atoms. The summed E-state index contributed by atoms with van der Waals surface area (Å²) in [4.78, 5) is 12.3. The van der Waals surface area contributed by atoms with E-state index in [1.807, 2.05) is 20.8 Å². The number of tetrazole rings is 1. The number of nitrogens with zero attached hydrogens (tertiary/aromatic N) is 4. The van der Waals surface area contributed by atoms with Crippen LogP contribution in [0.1, 0.15) is 27.7 Å². The number of thioether (sulfide) groups is 1. The van der Waals surface area contributed by atoms with Crippen molar-refractivity contribution < 1.29 is 4.79 Å². The highest BCUT2D eigenvalue weighted by Gasteiger charge is 2.24. The Labute approximate surface area is 148 Å². The molecule has 2 aromatic rings. The SMILES string of the molecule is CC(Sc1nnnn1C(C)(C)C)C(=O)Nc1ccc(Cl)cc1Cl. The largest absolute Gasteiger partial charge is 0.324 e. The highest BCUT2D eigenvalue weighted by atomic mass is 35.5. The number of aromatic nitrogens is 4. The van der Waals surface area contributed by atoms with E-state index in [4.69, 9.17) is 23.2 Å². The Balaban J connectivity index is 2.08. The highest BCUT2D eigenvalue weighted by Crippen LogP contribution is 2.28. The van der Waals surface area contributed by atoms with Gasteiger partial charge in [-0.1, -0.05) is 35.0 Å². The Hall–Kier alpha value is -1.31. The molecule has 124 valence electrons. The van der Waals surface area contributed by atoms with E-state index in [1.54, 1.807) is 29.8 Å². The summed E-state index contributed by atoms with van der Waals surface area (Å²) in [6.07, 6.45) is 0. The molecule has 6 nitrogen and oxygen atoms in total. The van der Waals surface area contributed by atoms with Crippen LogP contribution in [-0.2, 0) is 10.3 Å². The number of hydrogen-bond acceptors (Lipinski definition) is 5. The summed E-state index contributed by atoms with van der Waals surface area (Å²) in [7, 11) is 0. The van der Waals surface area contributed by atoms with Gasteiger partial charge in [-0.15, -0.1) is 5.10 Å². The molecule has 9 heteroatoms. The van der Waals surface area contributed by atoms with Crippen LogP contribution in [0.2, 0.25) is 10.0 Å². The number of carbonyl (C=O) groups is 1. The molecule has 1 N–H and O–H groups in total. The lowest BCUT2D eigenvalue weighted by Gasteiger charge is -2.20. The van der Waals surface area contributed by atoms with Crippen molar-refractivity contribution in [3.63, 3.8) is 0 Å². The number of benzene rings is 1. The van der Waals surface area contributed by atoms with Gasteiger partial charge in [0.1, 0.15) is 0 Å². The zero-order chi connectivity index (χ0) is 17.2. The summed E-state index contributed by atoms with van der Waals surface area (Å²) < 4.78 is 1.69. The zero-order valence-corrected chi connectivity index (χ0v) is 15.5. The minimum absolute atomic E-state index is 0.192. The van der Waals surface area contributed by atoms with E-state index in [9.17, 15) is 4.79 Å². The van der Waals surface area contributed by atoms with Gasteiger partial charge in [0.2, 0.25) is 11.1 Å². The van der Waals surface area contributed by atoms with Crippen LogP contribution in [0.5, 0.6) is 0 Å². The van der Waals surface area contributed by atoms with Crippen molar-refractivity contribution in [2.24, 2.45) is 0 Å². The van der Waals surface area contributed by atoms with Crippen molar-refractivity contribution in [2.45, 2.75) is 43.6 Å². The van der Waals surface area contributed by atoms with E-state index in [2.05, 4.69) is 20.8 Å². The van der Waals surface area contributed by atoms with Gasteiger partial charge in [0.25, 0.3) is 0 Å². The van der Waals surface area contributed by atoms with Crippen LogP contribution in [0.15, 0.2) is 23.4 Å². The van der Waals surface area contributed by atoms with Crippen molar-refractivity contribution in [1.29, 1.82) is 0 Å². The highest BCUT2D eigenvalue weighted by molar-refractivity contribution is 8.00. The number of anilines is 1. The van der Waals surface area contributed by atoms with Crippen LogP contribution in [0.4, 0.5) is 5.69 Å². The van der Waals surface area contributed by atoms with Gasteiger partial charge in [-0.25, -0.2) is 4.68 Å².